The molecule has 0 aliphatic heterocycles. The van der Waals surface area contributed by atoms with Crippen molar-refractivity contribution < 1.29 is 9.32 Å². The van der Waals surface area contributed by atoms with E-state index in [2.05, 4.69) is 30.8 Å². The highest BCUT2D eigenvalue weighted by Crippen LogP contribution is 2.20. The molecular formula is C14H24N2O2S. The molecule has 1 aromatic rings. The molecule has 0 aliphatic rings. The van der Waals surface area contributed by atoms with Crippen LogP contribution in [0.25, 0.3) is 0 Å². The quantitative estimate of drug-likeness (QED) is 0.686. The lowest BCUT2D eigenvalue weighted by molar-refractivity contribution is 0.0935. The van der Waals surface area contributed by atoms with E-state index in [0.29, 0.717) is 12.1 Å². The summed E-state index contributed by atoms with van der Waals surface area (Å²) in [6, 6.07) is 1.77. The van der Waals surface area contributed by atoms with Crippen LogP contribution in [0.3, 0.4) is 0 Å². The fourth-order valence-electron chi connectivity index (χ4n) is 1.49. The second kappa shape index (κ2) is 7.10. The fourth-order valence-corrected chi connectivity index (χ4v) is 2.03. The van der Waals surface area contributed by atoms with E-state index >= 15 is 0 Å². The maximum atomic E-state index is 12.1. The van der Waals surface area contributed by atoms with Crippen LogP contribution >= 0.6 is 11.8 Å². The van der Waals surface area contributed by atoms with E-state index in [0.717, 1.165) is 23.7 Å². The highest BCUT2D eigenvalue weighted by Gasteiger charge is 2.22. The third-order valence-corrected chi connectivity index (χ3v) is 4.36. The molecule has 1 aromatic heterocycles. The van der Waals surface area contributed by atoms with Gasteiger partial charge < -0.3 is 9.42 Å². The van der Waals surface area contributed by atoms with Crippen LogP contribution in [0, 0.1) is 0 Å². The standard InChI is InChI=1S/C14H24N2O2S/c1-6-19-10-11-9-12(15-18-11)13(17)7-8-14(2,3)16(4)5/h9H,6-8,10H2,1-5H3. The maximum absolute atomic E-state index is 12.1. The maximum Gasteiger partial charge on any atom is 0.184 e. The molecule has 4 nitrogen and oxygen atoms in total. The Morgan fingerprint density at radius 3 is 2.74 bits per heavy atom. The summed E-state index contributed by atoms with van der Waals surface area (Å²) < 4.78 is 5.17. The molecule has 0 N–H and O–H groups in total. The van der Waals surface area contributed by atoms with Crippen molar-refractivity contribution >= 4 is 17.5 Å². The molecule has 0 radical (unpaired) electrons. The van der Waals surface area contributed by atoms with Crippen molar-refractivity contribution in [2.75, 3.05) is 19.8 Å². The molecular weight excluding hydrogens is 260 g/mol. The Morgan fingerprint density at radius 1 is 1.47 bits per heavy atom. The van der Waals surface area contributed by atoms with Crippen molar-refractivity contribution in [1.82, 2.24) is 10.1 Å². The minimum Gasteiger partial charge on any atom is -0.360 e. The Kier molecular flexibility index (Phi) is 6.07. The molecule has 0 atom stereocenters. The van der Waals surface area contributed by atoms with Crippen LogP contribution in [-0.2, 0) is 5.75 Å². The molecule has 0 fully saturated rings. The summed E-state index contributed by atoms with van der Waals surface area (Å²) in [7, 11) is 4.06. The average Bonchev–Trinajstić information content (AvgIpc) is 2.82. The van der Waals surface area contributed by atoms with Gasteiger partial charge in [0.25, 0.3) is 0 Å². The molecule has 0 saturated carbocycles. The number of carbonyl (C=O) groups is 1. The van der Waals surface area contributed by atoms with E-state index in [-0.39, 0.29) is 11.3 Å². The van der Waals surface area contributed by atoms with Gasteiger partial charge in [-0.25, -0.2) is 0 Å². The molecule has 19 heavy (non-hydrogen) atoms. The summed E-state index contributed by atoms with van der Waals surface area (Å²) in [6.45, 7) is 6.36. The van der Waals surface area contributed by atoms with E-state index in [1.165, 1.54) is 0 Å². The zero-order chi connectivity index (χ0) is 14.5. The number of ketones is 1. The summed E-state index contributed by atoms with van der Waals surface area (Å²) in [6.07, 6.45) is 1.31. The van der Waals surface area contributed by atoms with Crippen molar-refractivity contribution in [1.29, 1.82) is 0 Å². The number of hydrogen-bond donors (Lipinski definition) is 0. The van der Waals surface area contributed by atoms with Gasteiger partial charge in [0.1, 0.15) is 11.5 Å². The third kappa shape index (κ3) is 4.99. The molecule has 0 aliphatic carbocycles. The van der Waals surface area contributed by atoms with Crippen molar-refractivity contribution in [3.8, 4) is 0 Å². The fraction of sp³-hybridized carbons (Fsp3) is 0.714. The number of rotatable bonds is 8. The Labute approximate surface area is 119 Å². The molecule has 1 heterocycles. The van der Waals surface area contributed by atoms with Crippen molar-refractivity contribution in [3.05, 3.63) is 17.5 Å². The van der Waals surface area contributed by atoms with Crippen molar-refractivity contribution in [3.63, 3.8) is 0 Å². The van der Waals surface area contributed by atoms with Gasteiger partial charge in [0.2, 0.25) is 0 Å². The average molecular weight is 284 g/mol. The molecule has 0 unspecified atom stereocenters. The van der Waals surface area contributed by atoms with Crippen LogP contribution in [0.2, 0.25) is 0 Å². The second-order valence-corrected chi connectivity index (χ2v) is 6.72. The molecule has 0 amide bonds. The Bertz CT molecular complexity index is 413. The SMILES string of the molecule is CCSCc1cc(C(=O)CCC(C)(C)N(C)C)no1. The number of aromatic nitrogens is 1. The summed E-state index contributed by atoms with van der Waals surface area (Å²) in [4.78, 5) is 14.2. The molecule has 0 saturated heterocycles. The van der Waals surface area contributed by atoms with Gasteiger partial charge in [0.15, 0.2) is 5.78 Å². The monoisotopic (exact) mass is 284 g/mol. The second-order valence-electron chi connectivity index (χ2n) is 5.45. The lowest BCUT2D eigenvalue weighted by atomic mass is 9.95. The molecule has 108 valence electrons. The van der Waals surface area contributed by atoms with Gasteiger partial charge in [-0.1, -0.05) is 12.1 Å². The molecule has 0 aromatic carbocycles. The van der Waals surface area contributed by atoms with Gasteiger partial charge >= 0.3 is 0 Å². The summed E-state index contributed by atoms with van der Waals surface area (Å²) in [5.74, 6) is 2.65. The van der Waals surface area contributed by atoms with E-state index in [1.807, 2.05) is 14.1 Å². The smallest absolute Gasteiger partial charge is 0.184 e. The highest BCUT2D eigenvalue weighted by atomic mass is 32.2. The number of hydrogen-bond acceptors (Lipinski definition) is 5. The van der Waals surface area contributed by atoms with Gasteiger partial charge in [0.05, 0.1) is 5.75 Å². The highest BCUT2D eigenvalue weighted by molar-refractivity contribution is 7.98. The lowest BCUT2D eigenvalue weighted by Crippen LogP contribution is -2.38. The van der Waals surface area contributed by atoms with Gasteiger partial charge in [-0.05, 0) is 40.1 Å². The zero-order valence-corrected chi connectivity index (χ0v) is 13.3. The van der Waals surface area contributed by atoms with Gasteiger partial charge in [-0.3, -0.25) is 4.79 Å². The van der Waals surface area contributed by atoms with Crippen molar-refractivity contribution in [2.24, 2.45) is 0 Å². The first-order valence-corrected chi connectivity index (χ1v) is 7.76. The molecule has 0 spiro atoms. The van der Waals surface area contributed by atoms with E-state index < -0.39 is 0 Å². The third-order valence-electron chi connectivity index (χ3n) is 3.47. The van der Waals surface area contributed by atoms with Crippen LogP contribution in [-0.4, -0.2) is 41.2 Å². The number of carbonyl (C=O) groups excluding carboxylic acids is 1. The van der Waals surface area contributed by atoms with Crippen molar-refractivity contribution in [2.45, 2.75) is 44.9 Å². The van der Waals surface area contributed by atoms with E-state index in [4.69, 9.17) is 4.52 Å². The first kappa shape index (κ1) is 16.2. The van der Waals surface area contributed by atoms with Crippen LogP contribution in [0.5, 0.6) is 0 Å². The summed E-state index contributed by atoms with van der Waals surface area (Å²) >= 11 is 1.76. The predicted molar refractivity (Wildman–Crippen MR) is 79.7 cm³/mol. The lowest BCUT2D eigenvalue weighted by Gasteiger charge is -2.32. The first-order valence-electron chi connectivity index (χ1n) is 6.60. The summed E-state index contributed by atoms with van der Waals surface area (Å²) in [5.41, 5.74) is 0.474. The normalized spacial score (nSPS) is 12.1. The topological polar surface area (TPSA) is 46.3 Å². The summed E-state index contributed by atoms with van der Waals surface area (Å²) in [5, 5.41) is 3.86. The minimum absolute atomic E-state index is 0.0142. The van der Waals surface area contributed by atoms with Crippen LogP contribution in [0.15, 0.2) is 10.6 Å². The van der Waals surface area contributed by atoms with Gasteiger partial charge in [-0.2, -0.15) is 11.8 Å². The molecule has 1 rings (SSSR count). The van der Waals surface area contributed by atoms with Crippen LogP contribution in [0.1, 0.15) is 49.9 Å². The molecule has 5 heteroatoms. The molecule has 0 bridgehead atoms. The Balaban J connectivity index is 2.52. The Morgan fingerprint density at radius 2 is 2.16 bits per heavy atom. The minimum atomic E-state index is 0.0142. The number of nitrogens with zero attached hydrogens (tertiary/aromatic N) is 2. The van der Waals surface area contributed by atoms with Crippen LogP contribution < -0.4 is 0 Å². The Hall–Kier alpha value is -0.810. The zero-order valence-electron chi connectivity index (χ0n) is 12.5. The first-order chi connectivity index (χ1) is 8.86. The predicted octanol–water partition coefficient (Wildman–Crippen LogP) is 3.23. The van der Waals surface area contributed by atoms with Gasteiger partial charge in [-0.15, -0.1) is 0 Å². The van der Waals surface area contributed by atoms with E-state index in [9.17, 15) is 4.79 Å². The van der Waals surface area contributed by atoms with E-state index in [1.54, 1.807) is 17.8 Å². The number of thioether (sulfide) groups is 1. The van der Waals surface area contributed by atoms with Gasteiger partial charge in [0, 0.05) is 18.0 Å². The largest absolute Gasteiger partial charge is 0.360 e. The van der Waals surface area contributed by atoms with Crippen LogP contribution in [0.4, 0.5) is 0 Å². The number of Topliss-reactive ketones (excluding diaryl/α,β-unsaturated/α-hetero) is 1.